The maximum atomic E-state index is 11.4. The lowest BCUT2D eigenvalue weighted by Gasteiger charge is -2.13. The van der Waals surface area contributed by atoms with Crippen molar-refractivity contribution < 1.29 is 16.8 Å². The number of nitrogens with one attached hydrogen (secondary N) is 1. The lowest BCUT2D eigenvalue weighted by Crippen LogP contribution is -2.28. The fourth-order valence-corrected chi connectivity index (χ4v) is 2.95. The third-order valence-corrected chi connectivity index (χ3v) is 5.24. The van der Waals surface area contributed by atoms with Gasteiger partial charge < -0.3 is 0 Å². The molecule has 8 heteroatoms. The van der Waals surface area contributed by atoms with Crippen molar-refractivity contribution in [1.82, 2.24) is 4.72 Å². The predicted octanol–water partition coefficient (Wildman–Crippen LogP) is 1.61. The number of sulfonamides is 1. The summed E-state index contributed by atoms with van der Waals surface area (Å²) >= 11 is 0. The SMILES string of the molecule is CCS(=O)(=O)NC(C)c1ccc(S(=O)(=O)Cl)cc1. The first-order valence-corrected chi connectivity index (χ1v) is 9.16. The van der Waals surface area contributed by atoms with Gasteiger partial charge in [0.1, 0.15) is 0 Å². The van der Waals surface area contributed by atoms with Crippen molar-refractivity contribution >= 4 is 29.8 Å². The molecule has 102 valence electrons. The zero-order chi connectivity index (χ0) is 14.0. The molecular formula is C10H14ClNO4S2. The van der Waals surface area contributed by atoms with Crippen LogP contribution in [0.25, 0.3) is 0 Å². The third kappa shape index (κ3) is 4.24. The van der Waals surface area contributed by atoms with Crippen LogP contribution in [-0.4, -0.2) is 22.6 Å². The number of rotatable bonds is 5. The van der Waals surface area contributed by atoms with E-state index in [1.54, 1.807) is 6.92 Å². The second-order valence-corrected chi connectivity index (χ2v) is 8.36. The van der Waals surface area contributed by atoms with E-state index in [2.05, 4.69) is 4.72 Å². The quantitative estimate of drug-likeness (QED) is 0.838. The number of halogens is 1. The molecule has 1 aromatic carbocycles. The molecule has 0 aliphatic carbocycles. The lowest BCUT2D eigenvalue weighted by atomic mass is 10.1. The molecule has 18 heavy (non-hydrogen) atoms. The van der Waals surface area contributed by atoms with Gasteiger partial charge in [-0.2, -0.15) is 0 Å². The van der Waals surface area contributed by atoms with Crippen molar-refractivity contribution in [3.63, 3.8) is 0 Å². The Morgan fingerprint density at radius 3 is 2.06 bits per heavy atom. The Hall–Kier alpha value is -0.630. The molecule has 0 aliphatic rings. The second-order valence-electron chi connectivity index (χ2n) is 3.75. The van der Waals surface area contributed by atoms with Crippen LogP contribution in [0.4, 0.5) is 0 Å². The van der Waals surface area contributed by atoms with E-state index >= 15 is 0 Å². The van der Waals surface area contributed by atoms with E-state index in [1.807, 2.05) is 0 Å². The van der Waals surface area contributed by atoms with E-state index in [4.69, 9.17) is 10.7 Å². The molecule has 0 radical (unpaired) electrons. The van der Waals surface area contributed by atoms with E-state index < -0.39 is 25.1 Å². The van der Waals surface area contributed by atoms with E-state index in [1.165, 1.54) is 31.2 Å². The van der Waals surface area contributed by atoms with Crippen LogP contribution in [0, 0.1) is 0 Å². The lowest BCUT2D eigenvalue weighted by molar-refractivity contribution is 0.568. The molecule has 0 saturated carbocycles. The van der Waals surface area contributed by atoms with E-state index in [9.17, 15) is 16.8 Å². The molecule has 0 saturated heterocycles. The summed E-state index contributed by atoms with van der Waals surface area (Å²) in [5.74, 6) is -0.00845. The monoisotopic (exact) mass is 311 g/mol. The van der Waals surface area contributed by atoms with Crippen molar-refractivity contribution in [2.45, 2.75) is 24.8 Å². The van der Waals surface area contributed by atoms with Gasteiger partial charge in [-0.3, -0.25) is 0 Å². The van der Waals surface area contributed by atoms with Gasteiger partial charge in [-0.25, -0.2) is 21.6 Å². The number of hydrogen-bond donors (Lipinski definition) is 1. The van der Waals surface area contributed by atoms with Gasteiger partial charge in [-0.15, -0.1) is 0 Å². The van der Waals surface area contributed by atoms with Crippen LogP contribution >= 0.6 is 10.7 Å². The largest absolute Gasteiger partial charge is 0.261 e. The molecule has 1 unspecified atom stereocenters. The molecule has 0 aromatic heterocycles. The van der Waals surface area contributed by atoms with Crippen molar-refractivity contribution in [2.24, 2.45) is 0 Å². The van der Waals surface area contributed by atoms with Crippen LogP contribution < -0.4 is 4.72 Å². The summed E-state index contributed by atoms with van der Waals surface area (Å²) in [5.41, 5.74) is 0.663. The predicted molar refractivity (Wildman–Crippen MR) is 70.5 cm³/mol. The van der Waals surface area contributed by atoms with E-state index in [0.29, 0.717) is 5.56 Å². The Bertz CT molecular complexity index is 608. The molecule has 0 amide bonds. The standard InChI is InChI=1S/C10H14ClNO4S2/c1-3-17(13,14)12-8(2)9-4-6-10(7-5-9)18(11,15)16/h4-8,12H,3H2,1-2H3. The van der Waals surface area contributed by atoms with Gasteiger partial charge in [0.2, 0.25) is 10.0 Å². The summed E-state index contributed by atoms with van der Waals surface area (Å²) in [7, 11) is -1.87. The Morgan fingerprint density at radius 2 is 1.67 bits per heavy atom. The first-order valence-electron chi connectivity index (χ1n) is 5.20. The second kappa shape index (κ2) is 5.56. The minimum Gasteiger partial charge on any atom is -0.212 e. The van der Waals surface area contributed by atoms with Crippen LogP contribution in [0.1, 0.15) is 25.5 Å². The maximum absolute atomic E-state index is 11.4. The molecule has 5 nitrogen and oxygen atoms in total. The third-order valence-electron chi connectivity index (χ3n) is 2.40. The number of hydrogen-bond acceptors (Lipinski definition) is 4. The van der Waals surface area contributed by atoms with Crippen LogP contribution in [-0.2, 0) is 19.1 Å². The Balaban J connectivity index is 2.93. The molecule has 0 spiro atoms. The molecule has 1 rings (SSSR count). The Labute approximate surface area is 112 Å². The van der Waals surface area contributed by atoms with Crippen LogP contribution in [0.15, 0.2) is 29.2 Å². The van der Waals surface area contributed by atoms with Gasteiger partial charge in [0, 0.05) is 16.7 Å². The number of benzene rings is 1. The zero-order valence-electron chi connectivity index (χ0n) is 9.92. The average Bonchev–Trinajstić information content (AvgIpc) is 2.27. The molecule has 0 heterocycles. The van der Waals surface area contributed by atoms with Gasteiger partial charge in [0.25, 0.3) is 9.05 Å². The normalized spacial score (nSPS) is 14.4. The van der Waals surface area contributed by atoms with Gasteiger partial charge >= 0.3 is 0 Å². The Kier molecular flexibility index (Phi) is 4.77. The highest BCUT2D eigenvalue weighted by Gasteiger charge is 2.15. The Morgan fingerprint density at radius 1 is 1.17 bits per heavy atom. The molecule has 1 aromatic rings. The van der Waals surface area contributed by atoms with Gasteiger partial charge in [0.15, 0.2) is 0 Å². The first-order chi connectivity index (χ1) is 8.15. The summed E-state index contributed by atoms with van der Waals surface area (Å²) in [6.45, 7) is 3.22. The van der Waals surface area contributed by atoms with Crippen molar-refractivity contribution in [3.8, 4) is 0 Å². The van der Waals surface area contributed by atoms with Crippen LogP contribution in [0.2, 0.25) is 0 Å². The highest BCUT2D eigenvalue weighted by molar-refractivity contribution is 8.13. The molecule has 1 atom stereocenters. The highest BCUT2D eigenvalue weighted by Crippen LogP contribution is 2.19. The minimum atomic E-state index is -3.75. The summed E-state index contributed by atoms with van der Waals surface area (Å²) in [4.78, 5) is -0.0153. The van der Waals surface area contributed by atoms with Gasteiger partial charge in [0.05, 0.1) is 10.6 Å². The van der Waals surface area contributed by atoms with Gasteiger partial charge in [-0.1, -0.05) is 12.1 Å². The van der Waals surface area contributed by atoms with Crippen molar-refractivity contribution in [3.05, 3.63) is 29.8 Å². The van der Waals surface area contributed by atoms with Crippen LogP contribution in [0.3, 0.4) is 0 Å². The average molecular weight is 312 g/mol. The molecule has 0 bridgehead atoms. The molecule has 1 N–H and O–H groups in total. The van der Waals surface area contributed by atoms with Crippen LogP contribution in [0.5, 0.6) is 0 Å². The van der Waals surface area contributed by atoms with Crippen molar-refractivity contribution in [2.75, 3.05) is 5.75 Å². The zero-order valence-corrected chi connectivity index (χ0v) is 12.3. The fraction of sp³-hybridized carbons (Fsp3) is 0.400. The first kappa shape index (κ1) is 15.4. The molecule has 0 fully saturated rings. The summed E-state index contributed by atoms with van der Waals surface area (Å²) < 4.78 is 47.3. The van der Waals surface area contributed by atoms with Crippen molar-refractivity contribution in [1.29, 1.82) is 0 Å². The van der Waals surface area contributed by atoms with E-state index in [-0.39, 0.29) is 10.6 Å². The molecular weight excluding hydrogens is 298 g/mol. The summed E-state index contributed by atoms with van der Waals surface area (Å²) in [5, 5.41) is 0. The topological polar surface area (TPSA) is 80.3 Å². The van der Waals surface area contributed by atoms with Gasteiger partial charge in [-0.05, 0) is 31.5 Å². The molecule has 0 aliphatic heterocycles. The summed E-state index contributed by atoms with van der Waals surface area (Å²) in [6, 6.07) is 5.31. The maximum Gasteiger partial charge on any atom is 0.261 e. The van der Waals surface area contributed by atoms with E-state index in [0.717, 1.165) is 0 Å². The minimum absolute atomic E-state index is 0.00845. The smallest absolute Gasteiger partial charge is 0.212 e. The summed E-state index contributed by atoms with van der Waals surface area (Å²) in [6.07, 6.45) is 0. The highest BCUT2D eigenvalue weighted by atomic mass is 35.7. The fourth-order valence-electron chi connectivity index (χ4n) is 1.34.